The Morgan fingerprint density at radius 3 is 2.69 bits per heavy atom. The minimum absolute atomic E-state index is 0.0402. The molecule has 3 N–H and O–H groups in total. The van der Waals surface area contributed by atoms with Crippen molar-refractivity contribution in [2.24, 2.45) is 11.8 Å². The third kappa shape index (κ3) is 5.43. The third-order valence-electron chi connectivity index (χ3n) is 7.77. The molecule has 0 unspecified atom stereocenters. The molecule has 3 heterocycles. The molecule has 2 fully saturated rings. The molecule has 10 nitrogen and oxygen atoms in total. The zero-order valence-electron chi connectivity index (χ0n) is 20.9. The molecule has 1 atom stereocenters. The molecule has 1 aliphatic carbocycles. The number of carbonyl (C=O) groups excluding carboxylic acids is 3. The van der Waals surface area contributed by atoms with Gasteiger partial charge in [-0.1, -0.05) is 19.8 Å². The van der Waals surface area contributed by atoms with Crippen LogP contribution in [0.15, 0.2) is 12.3 Å². The normalized spacial score (nSPS) is 23.8. The van der Waals surface area contributed by atoms with Gasteiger partial charge in [-0.25, -0.2) is 9.78 Å². The monoisotopic (exact) mass is 487 g/mol. The Balaban J connectivity index is 1.49. The van der Waals surface area contributed by atoms with E-state index in [-0.39, 0.29) is 23.8 Å². The lowest BCUT2D eigenvalue weighted by molar-refractivity contribution is -0.124. The van der Waals surface area contributed by atoms with Crippen LogP contribution in [0, 0.1) is 11.8 Å². The Kier molecular flexibility index (Phi) is 7.91. The molecule has 1 aromatic heterocycles. The van der Waals surface area contributed by atoms with Crippen molar-refractivity contribution < 1.29 is 23.9 Å². The highest BCUT2D eigenvalue weighted by Gasteiger charge is 2.48. The lowest BCUT2D eigenvalue weighted by Crippen LogP contribution is -2.53. The van der Waals surface area contributed by atoms with Crippen molar-refractivity contribution >= 4 is 29.4 Å². The van der Waals surface area contributed by atoms with E-state index in [2.05, 4.69) is 27.9 Å². The Morgan fingerprint density at radius 1 is 1.29 bits per heavy atom. The van der Waals surface area contributed by atoms with Gasteiger partial charge in [0.15, 0.2) is 0 Å². The summed E-state index contributed by atoms with van der Waals surface area (Å²) in [7, 11) is 3.27. The average Bonchev–Trinajstić information content (AvgIpc) is 3.11. The van der Waals surface area contributed by atoms with Crippen LogP contribution in [0.4, 0.5) is 16.3 Å². The summed E-state index contributed by atoms with van der Waals surface area (Å²) >= 11 is 0. The predicted molar refractivity (Wildman–Crippen MR) is 131 cm³/mol. The molecule has 0 aromatic carbocycles. The van der Waals surface area contributed by atoms with Crippen molar-refractivity contribution in [3.05, 3.63) is 17.8 Å². The molecular formula is C25H37N5O5. The maximum Gasteiger partial charge on any atom is 0.317 e. The van der Waals surface area contributed by atoms with Gasteiger partial charge in [-0.3, -0.25) is 9.59 Å². The number of ether oxygens (including phenoxy) is 2. The van der Waals surface area contributed by atoms with Crippen LogP contribution in [0.25, 0.3) is 0 Å². The number of carbonyl (C=O) groups is 3. The lowest BCUT2D eigenvalue weighted by Gasteiger charge is -2.33. The largest absolute Gasteiger partial charge is 0.383 e. The Morgan fingerprint density at radius 2 is 2.00 bits per heavy atom. The first kappa shape index (κ1) is 25.4. The number of rotatable bonds is 7. The van der Waals surface area contributed by atoms with Crippen molar-refractivity contribution in [1.29, 1.82) is 0 Å². The zero-order chi connectivity index (χ0) is 25.0. The van der Waals surface area contributed by atoms with Crippen molar-refractivity contribution in [3.63, 3.8) is 0 Å². The van der Waals surface area contributed by atoms with E-state index in [0.29, 0.717) is 56.6 Å². The van der Waals surface area contributed by atoms with Crippen LogP contribution in [-0.4, -0.2) is 74.3 Å². The topological polar surface area (TPSA) is 122 Å². The van der Waals surface area contributed by atoms with Crippen molar-refractivity contribution in [2.75, 3.05) is 51.2 Å². The maximum absolute atomic E-state index is 13.4. The zero-order valence-corrected chi connectivity index (χ0v) is 20.9. The van der Waals surface area contributed by atoms with Gasteiger partial charge in [0.2, 0.25) is 11.8 Å². The van der Waals surface area contributed by atoms with E-state index >= 15 is 0 Å². The number of pyridine rings is 1. The van der Waals surface area contributed by atoms with Crippen molar-refractivity contribution in [2.45, 2.75) is 56.9 Å². The summed E-state index contributed by atoms with van der Waals surface area (Å²) in [6.45, 7) is 4.13. The molecule has 1 saturated carbocycles. The van der Waals surface area contributed by atoms with Crippen LogP contribution in [-0.2, 0) is 24.5 Å². The van der Waals surface area contributed by atoms with Crippen molar-refractivity contribution in [3.8, 4) is 0 Å². The predicted octanol–water partition coefficient (Wildman–Crippen LogP) is 2.50. The molecule has 10 heteroatoms. The quantitative estimate of drug-likeness (QED) is 0.543. The minimum Gasteiger partial charge on any atom is -0.383 e. The molecule has 4 rings (SSSR count). The molecule has 4 amide bonds. The highest BCUT2D eigenvalue weighted by molar-refractivity contribution is 6.07. The number of anilines is 2. The molecule has 0 radical (unpaired) electrons. The van der Waals surface area contributed by atoms with Gasteiger partial charge >= 0.3 is 6.03 Å². The van der Waals surface area contributed by atoms with Gasteiger partial charge < -0.3 is 30.3 Å². The number of likely N-dealkylation sites (N-methyl/N-ethyl adjacent to an activating group) is 1. The molecular weight excluding hydrogens is 450 g/mol. The smallest absolute Gasteiger partial charge is 0.317 e. The van der Waals surface area contributed by atoms with Crippen molar-refractivity contribution in [1.82, 2.24) is 15.2 Å². The molecule has 2 aliphatic heterocycles. The molecule has 192 valence electrons. The first-order chi connectivity index (χ1) is 16.8. The summed E-state index contributed by atoms with van der Waals surface area (Å²) in [6, 6.07) is 0.727. The van der Waals surface area contributed by atoms with Gasteiger partial charge in [-0.15, -0.1) is 0 Å². The number of nitrogens with one attached hydrogen (secondary N) is 3. The van der Waals surface area contributed by atoms with E-state index in [1.54, 1.807) is 26.4 Å². The summed E-state index contributed by atoms with van der Waals surface area (Å²) in [6.07, 6.45) is 6.72. The van der Waals surface area contributed by atoms with E-state index in [4.69, 9.17) is 9.47 Å². The van der Waals surface area contributed by atoms with E-state index < -0.39 is 11.5 Å². The van der Waals surface area contributed by atoms with E-state index in [0.717, 1.165) is 31.2 Å². The van der Waals surface area contributed by atoms with Gasteiger partial charge in [0.05, 0.1) is 17.7 Å². The molecule has 0 bridgehead atoms. The highest BCUT2D eigenvalue weighted by atomic mass is 16.5. The SMILES string of the molecule is COCCN(C)C(=O)N[C@H](C(=O)Nc1cc2c(cn1)C1(CCOCC1)C(=O)N2)C1CCC(C)CC1. The van der Waals surface area contributed by atoms with Gasteiger partial charge in [0.25, 0.3) is 0 Å². The third-order valence-corrected chi connectivity index (χ3v) is 7.77. The van der Waals surface area contributed by atoms with Crippen LogP contribution < -0.4 is 16.0 Å². The number of methoxy groups -OCH3 is 1. The summed E-state index contributed by atoms with van der Waals surface area (Å²) in [5.41, 5.74) is 0.925. The van der Waals surface area contributed by atoms with Crippen LogP contribution in [0.2, 0.25) is 0 Å². The summed E-state index contributed by atoms with van der Waals surface area (Å²) in [4.78, 5) is 45.0. The fraction of sp³-hybridized carbons (Fsp3) is 0.680. The Hall–Kier alpha value is -2.72. The second kappa shape index (κ2) is 10.9. The minimum atomic E-state index is -0.675. The summed E-state index contributed by atoms with van der Waals surface area (Å²) < 4.78 is 10.5. The fourth-order valence-corrected chi connectivity index (χ4v) is 5.38. The number of hydrogen-bond acceptors (Lipinski definition) is 6. The lowest BCUT2D eigenvalue weighted by atomic mass is 9.76. The Labute approximate surface area is 206 Å². The second-order valence-electron chi connectivity index (χ2n) is 10.1. The summed E-state index contributed by atoms with van der Waals surface area (Å²) in [5.74, 6) is 0.687. The van der Waals surface area contributed by atoms with E-state index in [9.17, 15) is 14.4 Å². The van der Waals surface area contributed by atoms with Gasteiger partial charge in [-0.05, 0) is 37.5 Å². The first-order valence-corrected chi connectivity index (χ1v) is 12.5. The fourth-order valence-electron chi connectivity index (χ4n) is 5.38. The summed E-state index contributed by atoms with van der Waals surface area (Å²) in [5, 5.41) is 8.80. The number of hydrogen-bond donors (Lipinski definition) is 3. The van der Waals surface area contributed by atoms with Gasteiger partial charge in [0, 0.05) is 51.7 Å². The molecule has 1 spiro atoms. The highest BCUT2D eigenvalue weighted by Crippen LogP contribution is 2.44. The second-order valence-corrected chi connectivity index (χ2v) is 10.1. The number of urea groups is 1. The molecule has 35 heavy (non-hydrogen) atoms. The first-order valence-electron chi connectivity index (χ1n) is 12.5. The number of aromatic nitrogens is 1. The van der Waals surface area contributed by atoms with Crippen LogP contribution in [0.3, 0.4) is 0 Å². The van der Waals surface area contributed by atoms with Crippen LogP contribution in [0.5, 0.6) is 0 Å². The molecule has 1 saturated heterocycles. The van der Waals surface area contributed by atoms with E-state index in [1.807, 2.05) is 0 Å². The molecule has 1 aromatic rings. The molecule has 3 aliphatic rings. The average molecular weight is 488 g/mol. The Bertz CT molecular complexity index is 940. The standard InChI is InChI=1S/C25H37N5O5/c1-16-4-6-17(7-5-16)21(29-24(33)30(2)10-13-34-3)22(31)28-20-14-19-18(15-26-20)25(23(32)27-19)8-11-35-12-9-25/h14-17,21H,4-13H2,1-3H3,(H,27,32)(H,29,33)(H,26,28,31)/t16?,17?,21-/m0/s1. The number of nitrogens with zero attached hydrogens (tertiary/aromatic N) is 2. The number of amides is 4. The van der Waals surface area contributed by atoms with Crippen LogP contribution >= 0.6 is 0 Å². The maximum atomic E-state index is 13.4. The number of fused-ring (bicyclic) bond motifs is 2. The van der Waals surface area contributed by atoms with Gasteiger partial charge in [0.1, 0.15) is 11.9 Å². The van der Waals surface area contributed by atoms with Gasteiger partial charge in [-0.2, -0.15) is 0 Å². The van der Waals surface area contributed by atoms with Crippen LogP contribution in [0.1, 0.15) is 51.0 Å². The van der Waals surface area contributed by atoms with E-state index in [1.165, 1.54) is 4.90 Å².